The van der Waals surface area contributed by atoms with Gasteiger partial charge in [-0.3, -0.25) is 4.98 Å². The average Bonchev–Trinajstić information content (AvgIpc) is 3.09. The molecule has 0 radical (unpaired) electrons. The van der Waals surface area contributed by atoms with E-state index in [1.807, 2.05) is 38.2 Å². The lowest BCUT2D eigenvalue weighted by atomic mass is 10.1. The van der Waals surface area contributed by atoms with Gasteiger partial charge in [-0.15, -0.1) is 0 Å². The molecule has 0 aliphatic rings. The first-order chi connectivity index (χ1) is 12.6. The van der Waals surface area contributed by atoms with Gasteiger partial charge in [0.2, 0.25) is 5.89 Å². The highest BCUT2D eigenvalue weighted by atomic mass is 16.5. The zero-order valence-corrected chi connectivity index (χ0v) is 14.6. The summed E-state index contributed by atoms with van der Waals surface area (Å²) in [5.74, 6) is 1.74. The summed E-state index contributed by atoms with van der Waals surface area (Å²) >= 11 is 0. The molecule has 0 spiro atoms. The predicted octanol–water partition coefficient (Wildman–Crippen LogP) is 3.26. The lowest BCUT2D eigenvalue weighted by molar-refractivity contribution is 0.364. The van der Waals surface area contributed by atoms with Gasteiger partial charge in [0, 0.05) is 18.0 Å². The number of hydrogen-bond donors (Lipinski definition) is 1. The molecule has 8 nitrogen and oxygen atoms in total. The minimum Gasteiger partial charge on any atom is -0.358 e. The summed E-state index contributed by atoms with van der Waals surface area (Å²) in [6.07, 6.45) is 5.08. The number of aryl methyl sites for hydroxylation is 2. The van der Waals surface area contributed by atoms with Crippen LogP contribution in [0.1, 0.15) is 30.2 Å². The molecule has 0 aliphatic heterocycles. The van der Waals surface area contributed by atoms with Crippen LogP contribution in [0.2, 0.25) is 0 Å². The standard InChI is InChI=1S/C18H17N7O/c1-10-4-5-15(19-7-10)13-6-14-16(20-8-13)21-9-22-17(14)23-11(2)18-24-12(3)25-26-18/h4-9,11H,1-3H3,(H,20,21,22,23). The summed E-state index contributed by atoms with van der Waals surface area (Å²) in [4.78, 5) is 21.8. The van der Waals surface area contributed by atoms with Crippen molar-refractivity contribution in [1.29, 1.82) is 0 Å². The van der Waals surface area contributed by atoms with E-state index in [4.69, 9.17) is 4.52 Å². The van der Waals surface area contributed by atoms with Crippen molar-refractivity contribution in [2.75, 3.05) is 5.32 Å². The van der Waals surface area contributed by atoms with Gasteiger partial charge in [0.1, 0.15) is 18.2 Å². The quantitative estimate of drug-likeness (QED) is 0.600. The summed E-state index contributed by atoms with van der Waals surface area (Å²) in [7, 11) is 0. The van der Waals surface area contributed by atoms with Gasteiger partial charge in [0.05, 0.1) is 11.1 Å². The molecule has 0 bridgehead atoms. The smallest absolute Gasteiger partial charge is 0.248 e. The Morgan fingerprint density at radius 2 is 1.92 bits per heavy atom. The number of pyridine rings is 2. The molecule has 4 rings (SSSR count). The highest BCUT2D eigenvalue weighted by molar-refractivity contribution is 5.89. The average molecular weight is 347 g/mol. The van der Waals surface area contributed by atoms with Crippen molar-refractivity contribution >= 4 is 16.9 Å². The normalized spacial score (nSPS) is 12.3. The van der Waals surface area contributed by atoms with E-state index in [1.165, 1.54) is 6.33 Å². The Bertz CT molecular complexity index is 1060. The maximum absolute atomic E-state index is 5.22. The topological polar surface area (TPSA) is 103 Å². The van der Waals surface area contributed by atoms with E-state index in [2.05, 4.69) is 35.4 Å². The Balaban J connectivity index is 1.72. The molecule has 4 aromatic heterocycles. The first kappa shape index (κ1) is 16.1. The Hall–Kier alpha value is -3.42. The van der Waals surface area contributed by atoms with E-state index < -0.39 is 0 Å². The van der Waals surface area contributed by atoms with Crippen LogP contribution >= 0.6 is 0 Å². The fraction of sp³-hybridized carbons (Fsp3) is 0.222. The zero-order valence-electron chi connectivity index (χ0n) is 14.6. The molecule has 4 aromatic rings. The van der Waals surface area contributed by atoms with Crippen LogP contribution in [0.3, 0.4) is 0 Å². The SMILES string of the molecule is Cc1ccc(-c2cnc3ncnc(NC(C)c4nc(C)no4)c3c2)nc1. The summed E-state index contributed by atoms with van der Waals surface area (Å²) in [6.45, 7) is 5.72. The van der Waals surface area contributed by atoms with Crippen LogP contribution in [0, 0.1) is 13.8 Å². The van der Waals surface area contributed by atoms with Crippen molar-refractivity contribution in [3.8, 4) is 11.3 Å². The second-order valence-corrected chi connectivity index (χ2v) is 6.08. The second kappa shape index (κ2) is 6.47. The molecule has 1 atom stereocenters. The van der Waals surface area contributed by atoms with Crippen LogP contribution in [0.15, 0.2) is 41.4 Å². The maximum atomic E-state index is 5.22. The van der Waals surface area contributed by atoms with Gasteiger partial charge >= 0.3 is 0 Å². The molecular weight excluding hydrogens is 330 g/mol. The summed E-state index contributed by atoms with van der Waals surface area (Å²) in [5.41, 5.74) is 3.46. The maximum Gasteiger partial charge on any atom is 0.248 e. The third-order valence-corrected chi connectivity index (χ3v) is 3.96. The van der Waals surface area contributed by atoms with Crippen molar-refractivity contribution in [2.24, 2.45) is 0 Å². The number of anilines is 1. The molecule has 0 amide bonds. The fourth-order valence-electron chi connectivity index (χ4n) is 2.59. The third kappa shape index (κ3) is 3.08. The van der Waals surface area contributed by atoms with E-state index in [1.54, 1.807) is 13.1 Å². The molecule has 0 aliphatic carbocycles. The van der Waals surface area contributed by atoms with Crippen molar-refractivity contribution < 1.29 is 4.52 Å². The van der Waals surface area contributed by atoms with Crippen LogP contribution in [0.4, 0.5) is 5.82 Å². The molecule has 0 fully saturated rings. The minimum absolute atomic E-state index is 0.199. The molecule has 0 aromatic carbocycles. The van der Waals surface area contributed by atoms with Gasteiger partial charge in [0.15, 0.2) is 11.5 Å². The largest absolute Gasteiger partial charge is 0.358 e. The monoisotopic (exact) mass is 347 g/mol. The summed E-state index contributed by atoms with van der Waals surface area (Å²) in [6, 6.07) is 5.77. The zero-order chi connectivity index (χ0) is 18.1. The van der Waals surface area contributed by atoms with Crippen LogP contribution in [0.5, 0.6) is 0 Å². The molecular formula is C18H17N7O. The van der Waals surface area contributed by atoms with E-state index >= 15 is 0 Å². The van der Waals surface area contributed by atoms with Crippen LogP contribution < -0.4 is 5.32 Å². The number of hydrogen-bond acceptors (Lipinski definition) is 8. The molecule has 8 heteroatoms. The fourth-order valence-corrected chi connectivity index (χ4v) is 2.59. The summed E-state index contributed by atoms with van der Waals surface area (Å²) < 4.78 is 5.22. The summed E-state index contributed by atoms with van der Waals surface area (Å²) in [5, 5.41) is 7.92. The number of fused-ring (bicyclic) bond motifs is 1. The molecule has 0 saturated carbocycles. The number of nitrogens with zero attached hydrogens (tertiary/aromatic N) is 6. The van der Waals surface area contributed by atoms with E-state index in [0.717, 1.165) is 22.2 Å². The van der Waals surface area contributed by atoms with Gasteiger partial charge < -0.3 is 9.84 Å². The minimum atomic E-state index is -0.199. The highest BCUT2D eigenvalue weighted by Gasteiger charge is 2.15. The van der Waals surface area contributed by atoms with Crippen molar-refractivity contribution in [3.05, 3.63) is 54.2 Å². The lowest BCUT2D eigenvalue weighted by Gasteiger charge is -2.12. The Labute approximate surface area is 149 Å². The number of rotatable bonds is 4. The van der Waals surface area contributed by atoms with E-state index in [9.17, 15) is 0 Å². The van der Waals surface area contributed by atoms with Crippen LogP contribution in [0.25, 0.3) is 22.3 Å². The van der Waals surface area contributed by atoms with Crippen molar-refractivity contribution in [2.45, 2.75) is 26.8 Å². The lowest BCUT2D eigenvalue weighted by Crippen LogP contribution is -2.09. The van der Waals surface area contributed by atoms with E-state index in [-0.39, 0.29) is 6.04 Å². The van der Waals surface area contributed by atoms with Crippen molar-refractivity contribution in [3.63, 3.8) is 0 Å². The Kier molecular flexibility index (Phi) is 4.00. The predicted molar refractivity (Wildman–Crippen MR) is 96.4 cm³/mol. The van der Waals surface area contributed by atoms with Gasteiger partial charge in [-0.05, 0) is 38.5 Å². The van der Waals surface area contributed by atoms with Gasteiger partial charge in [0.25, 0.3) is 0 Å². The van der Waals surface area contributed by atoms with Crippen LogP contribution in [-0.2, 0) is 0 Å². The molecule has 1 N–H and O–H groups in total. The molecule has 1 unspecified atom stereocenters. The number of aromatic nitrogens is 6. The first-order valence-corrected chi connectivity index (χ1v) is 8.20. The van der Waals surface area contributed by atoms with Gasteiger partial charge in [-0.1, -0.05) is 11.2 Å². The third-order valence-electron chi connectivity index (χ3n) is 3.96. The first-order valence-electron chi connectivity index (χ1n) is 8.20. The second-order valence-electron chi connectivity index (χ2n) is 6.08. The van der Waals surface area contributed by atoms with Crippen LogP contribution in [-0.4, -0.2) is 30.1 Å². The molecule has 26 heavy (non-hydrogen) atoms. The molecule has 0 saturated heterocycles. The number of nitrogens with one attached hydrogen (secondary N) is 1. The highest BCUT2D eigenvalue weighted by Crippen LogP contribution is 2.26. The molecule has 130 valence electrons. The molecule has 4 heterocycles. The Morgan fingerprint density at radius 1 is 1.04 bits per heavy atom. The van der Waals surface area contributed by atoms with Gasteiger partial charge in [-0.25, -0.2) is 15.0 Å². The van der Waals surface area contributed by atoms with Gasteiger partial charge in [-0.2, -0.15) is 4.98 Å². The van der Waals surface area contributed by atoms with E-state index in [0.29, 0.717) is 23.2 Å². The Morgan fingerprint density at radius 3 is 2.65 bits per heavy atom. The van der Waals surface area contributed by atoms with Crippen molar-refractivity contribution in [1.82, 2.24) is 30.1 Å².